The van der Waals surface area contributed by atoms with Crippen molar-refractivity contribution in [2.75, 3.05) is 6.54 Å². The van der Waals surface area contributed by atoms with Crippen LogP contribution in [0.5, 0.6) is 5.88 Å². The molecule has 1 unspecified atom stereocenters. The molecule has 210 valence electrons. The van der Waals surface area contributed by atoms with Gasteiger partial charge in [0.25, 0.3) is 0 Å². The van der Waals surface area contributed by atoms with Crippen molar-refractivity contribution in [2.45, 2.75) is 74.1 Å². The Bertz CT molecular complexity index is 1460. The van der Waals surface area contributed by atoms with E-state index in [1.165, 1.54) is 5.69 Å². The predicted molar refractivity (Wildman–Crippen MR) is 161 cm³/mol. The van der Waals surface area contributed by atoms with Crippen LogP contribution in [0.4, 0.5) is 0 Å². The quantitative estimate of drug-likeness (QED) is 0.302. The molecule has 5 heterocycles. The number of aromatic amines is 1. The third-order valence-electron chi connectivity index (χ3n) is 6.87. The third kappa shape index (κ3) is 5.83. The number of rotatable bonds is 1. The van der Waals surface area contributed by atoms with Crippen LogP contribution in [0.15, 0.2) is 19.2 Å². The van der Waals surface area contributed by atoms with Gasteiger partial charge in [-0.05, 0) is 59.8 Å². The summed E-state index contributed by atoms with van der Waals surface area (Å²) in [5.74, 6) is 0.734. The summed E-state index contributed by atoms with van der Waals surface area (Å²) in [6, 6.07) is 2.42. The van der Waals surface area contributed by atoms with E-state index in [1.54, 1.807) is 0 Å². The molecule has 0 aliphatic carbocycles. The van der Waals surface area contributed by atoms with Crippen LogP contribution in [-0.4, -0.2) is 58.3 Å². The summed E-state index contributed by atoms with van der Waals surface area (Å²) >= 11 is 0. The van der Waals surface area contributed by atoms with Gasteiger partial charge in [-0.2, -0.15) is 15.3 Å². The van der Waals surface area contributed by atoms with Crippen molar-refractivity contribution in [1.29, 1.82) is 0 Å². The first-order chi connectivity index (χ1) is 18.6. The first-order valence-electron chi connectivity index (χ1n) is 13.6. The van der Waals surface area contributed by atoms with Gasteiger partial charge in [-0.3, -0.25) is 19.7 Å². The Labute approximate surface area is 232 Å². The second-order valence-electron chi connectivity index (χ2n) is 9.87. The number of ether oxygens (including phenoxy) is 1. The standard InChI is InChI=1S/C26H34N8O.C2H6.C2H4/c1-14(2)34-12-15(3)35-26-24(17(5)31-33(26)8)22-11-20-21(28-29-25(20)18(6)27-22)10-9-19-16(4)30-32(7)23(19)13-34;2*1-2/h9-11,14-15H,12-13H2,1-8H3,(H,28,29);1-2H3;1-2H2/b10-9+;;. The van der Waals surface area contributed by atoms with E-state index < -0.39 is 0 Å². The summed E-state index contributed by atoms with van der Waals surface area (Å²) < 4.78 is 10.4. The van der Waals surface area contributed by atoms with Crippen LogP contribution in [0.2, 0.25) is 0 Å². The highest BCUT2D eigenvalue weighted by atomic mass is 16.5. The number of pyridine rings is 1. The normalized spacial score (nSPS) is 16.2. The minimum atomic E-state index is -0.0568. The second-order valence-corrected chi connectivity index (χ2v) is 9.87. The molecule has 9 nitrogen and oxygen atoms in total. The summed E-state index contributed by atoms with van der Waals surface area (Å²) in [7, 11) is 3.94. The Balaban J connectivity index is 0.00000100. The van der Waals surface area contributed by atoms with Crippen LogP contribution in [0, 0.1) is 20.8 Å². The van der Waals surface area contributed by atoms with Crippen molar-refractivity contribution in [3.8, 4) is 17.1 Å². The number of nitrogens with one attached hydrogen (secondary N) is 1. The number of fused-ring (bicyclic) bond motifs is 4. The van der Waals surface area contributed by atoms with Gasteiger partial charge in [0, 0.05) is 44.2 Å². The van der Waals surface area contributed by atoms with E-state index in [4.69, 9.17) is 14.8 Å². The molecule has 1 aliphatic rings. The molecule has 1 aliphatic heterocycles. The van der Waals surface area contributed by atoms with Crippen LogP contribution >= 0.6 is 0 Å². The maximum atomic E-state index is 6.57. The first-order valence-corrected chi connectivity index (χ1v) is 13.6. The lowest BCUT2D eigenvalue weighted by Gasteiger charge is -2.30. The van der Waals surface area contributed by atoms with Gasteiger partial charge in [0.1, 0.15) is 11.6 Å². The molecule has 2 bridgehead atoms. The third-order valence-corrected chi connectivity index (χ3v) is 6.87. The van der Waals surface area contributed by atoms with Crippen LogP contribution in [0.1, 0.15) is 68.7 Å². The minimum Gasteiger partial charge on any atom is -0.473 e. The van der Waals surface area contributed by atoms with Crippen molar-refractivity contribution in [3.05, 3.63) is 53.3 Å². The maximum Gasteiger partial charge on any atom is 0.221 e. The van der Waals surface area contributed by atoms with Crippen molar-refractivity contribution < 1.29 is 4.74 Å². The zero-order chi connectivity index (χ0) is 29.0. The van der Waals surface area contributed by atoms with Crippen molar-refractivity contribution in [1.82, 2.24) is 39.6 Å². The highest BCUT2D eigenvalue weighted by Gasteiger charge is 2.25. The van der Waals surface area contributed by atoms with Gasteiger partial charge in [-0.25, -0.2) is 4.68 Å². The number of H-pyrrole nitrogens is 1. The fourth-order valence-corrected chi connectivity index (χ4v) is 5.01. The van der Waals surface area contributed by atoms with E-state index in [0.717, 1.165) is 69.5 Å². The van der Waals surface area contributed by atoms with Gasteiger partial charge >= 0.3 is 0 Å². The summed E-state index contributed by atoms with van der Waals surface area (Å²) in [6.45, 7) is 24.2. The van der Waals surface area contributed by atoms with E-state index in [1.807, 2.05) is 51.2 Å². The molecule has 0 spiro atoms. The van der Waals surface area contributed by atoms with Gasteiger partial charge in [-0.1, -0.05) is 13.8 Å². The molecular formula is C30H44N8O. The van der Waals surface area contributed by atoms with E-state index in [-0.39, 0.29) is 6.10 Å². The lowest BCUT2D eigenvalue weighted by molar-refractivity contribution is 0.110. The largest absolute Gasteiger partial charge is 0.473 e. The van der Waals surface area contributed by atoms with Gasteiger partial charge in [-0.15, -0.1) is 13.2 Å². The van der Waals surface area contributed by atoms with E-state index in [2.05, 4.69) is 79.3 Å². The lowest BCUT2D eigenvalue weighted by atomic mass is 10.1. The fourth-order valence-electron chi connectivity index (χ4n) is 5.01. The number of aryl methyl sites for hydroxylation is 5. The second kappa shape index (κ2) is 12.4. The molecule has 39 heavy (non-hydrogen) atoms. The van der Waals surface area contributed by atoms with Crippen molar-refractivity contribution in [2.24, 2.45) is 14.1 Å². The summed E-state index contributed by atoms with van der Waals surface area (Å²) in [4.78, 5) is 7.33. The molecule has 0 radical (unpaired) electrons. The maximum absolute atomic E-state index is 6.57. The highest BCUT2D eigenvalue weighted by Crippen LogP contribution is 2.35. The molecule has 4 aromatic heterocycles. The molecule has 0 fully saturated rings. The fraction of sp³-hybridized carbons (Fsp3) is 0.467. The highest BCUT2D eigenvalue weighted by molar-refractivity contribution is 5.93. The Morgan fingerprint density at radius 1 is 1.00 bits per heavy atom. The summed E-state index contributed by atoms with van der Waals surface area (Å²) in [6.07, 6.45) is 4.19. The Kier molecular flexibility index (Phi) is 9.50. The number of hydrogen-bond acceptors (Lipinski definition) is 6. The van der Waals surface area contributed by atoms with Crippen LogP contribution < -0.4 is 4.74 Å². The van der Waals surface area contributed by atoms with Gasteiger partial charge in [0.05, 0.1) is 39.7 Å². The average molecular weight is 533 g/mol. The Morgan fingerprint density at radius 2 is 1.67 bits per heavy atom. The van der Waals surface area contributed by atoms with Crippen LogP contribution in [-0.2, 0) is 20.6 Å². The molecule has 0 saturated heterocycles. The van der Waals surface area contributed by atoms with Crippen molar-refractivity contribution >= 4 is 23.1 Å². The average Bonchev–Trinajstić information content (AvgIpc) is 3.52. The van der Waals surface area contributed by atoms with Crippen molar-refractivity contribution in [3.63, 3.8) is 0 Å². The number of nitrogens with zero attached hydrogens (tertiary/aromatic N) is 7. The SMILES string of the molecule is C=C.CC.Cc1nn(C)c2c1/C=C/c1[nH]nc3c(C)nc(cc13)-c1c(C)nn(C)c1OC(C)CN(C(C)C)C2. The van der Waals surface area contributed by atoms with E-state index in [9.17, 15) is 0 Å². The van der Waals surface area contributed by atoms with Gasteiger partial charge in [0.15, 0.2) is 0 Å². The Hall–Kier alpha value is -3.72. The molecule has 4 aromatic rings. The molecule has 5 rings (SSSR count). The minimum absolute atomic E-state index is 0.0568. The topological polar surface area (TPSA) is 89.7 Å². The molecule has 9 heteroatoms. The molecule has 0 saturated carbocycles. The smallest absolute Gasteiger partial charge is 0.221 e. The van der Waals surface area contributed by atoms with E-state index >= 15 is 0 Å². The Morgan fingerprint density at radius 3 is 2.33 bits per heavy atom. The molecule has 1 atom stereocenters. The molecule has 0 aromatic carbocycles. The monoisotopic (exact) mass is 532 g/mol. The lowest BCUT2D eigenvalue weighted by Crippen LogP contribution is -2.39. The van der Waals surface area contributed by atoms with Crippen LogP contribution in [0.3, 0.4) is 0 Å². The van der Waals surface area contributed by atoms with E-state index in [0.29, 0.717) is 6.04 Å². The first kappa shape index (κ1) is 29.8. The zero-order valence-corrected chi connectivity index (χ0v) is 25.3. The predicted octanol–water partition coefficient (Wildman–Crippen LogP) is 6.01. The van der Waals surface area contributed by atoms with Gasteiger partial charge in [0.2, 0.25) is 5.88 Å². The van der Waals surface area contributed by atoms with Gasteiger partial charge < -0.3 is 4.74 Å². The number of hydrogen-bond donors (Lipinski definition) is 1. The summed E-state index contributed by atoms with van der Waals surface area (Å²) in [5, 5.41) is 18.2. The summed E-state index contributed by atoms with van der Waals surface area (Å²) in [5.41, 5.74) is 8.64. The molecule has 1 N–H and O–H groups in total. The zero-order valence-electron chi connectivity index (χ0n) is 25.3. The molecule has 0 amide bonds. The number of aromatic nitrogens is 7. The van der Waals surface area contributed by atoms with Crippen LogP contribution in [0.25, 0.3) is 34.3 Å². The molecular weight excluding hydrogens is 488 g/mol.